The summed E-state index contributed by atoms with van der Waals surface area (Å²) in [7, 11) is 0. The first-order valence-electron chi connectivity index (χ1n) is 31.7. The standard InChI is InChI=1S/C65H123NO5/c1-3-5-7-9-11-13-15-17-18-30-34-37-41-45-49-53-57-63(68)62(61-67)66-64(69)58-54-50-46-42-38-35-31-28-26-24-22-20-19-21-23-25-27-29-32-36-40-44-48-52-56-60-71-65(70)59-55-51-47-43-39-33-16-14-12-10-8-6-4-2/h14,16,20-23,62-63,67-68H,3-13,15,17-19,24-61H2,1-2H3,(H,66,69)/b16-14-,22-20-,23-21-. The van der Waals surface area contributed by atoms with Gasteiger partial charge >= 0.3 is 5.97 Å². The maximum atomic E-state index is 12.5. The van der Waals surface area contributed by atoms with E-state index in [0.29, 0.717) is 25.9 Å². The summed E-state index contributed by atoms with van der Waals surface area (Å²) in [6, 6.07) is -0.546. The van der Waals surface area contributed by atoms with Gasteiger partial charge in [0.15, 0.2) is 0 Å². The number of hydrogen-bond acceptors (Lipinski definition) is 5. The van der Waals surface area contributed by atoms with Crippen molar-refractivity contribution in [1.29, 1.82) is 0 Å². The van der Waals surface area contributed by atoms with Gasteiger partial charge in [-0.25, -0.2) is 0 Å². The van der Waals surface area contributed by atoms with E-state index in [1.807, 2.05) is 0 Å². The van der Waals surface area contributed by atoms with Gasteiger partial charge in [-0.1, -0.05) is 281 Å². The summed E-state index contributed by atoms with van der Waals surface area (Å²) in [5, 5.41) is 23.3. The van der Waals surface area contributed by atoms with Gasteiger partial charge in [0.1, 0.15) is 0 Å². The molecular weight excluding hydrogens is 875 g/mol. The number of esters is 1. The molecule has 2 unspecified atom stereocenters. The Hall–Kier alpha value is -1.92. The first-order valence-corrected chi connectivity index (χ1v) is 31.7. The molecule has 0 heterocycles. The van der Waals surface area contributed by atoms with Crippen molar-refractivity contribution in [3.05, 3.63) is 36.5 Å². The van der Waals surface area contributed by atoms with Crippen molar-refractivity contribution in [3.63, 3.8) is 0 Å². The molecule has 2 atom stereocenters. The third-order valence-corrected chi connectivity index (χ3v) is 14.7. The summed E-state index contributed by atoms with van der Waals surface area (Å²) in [6.07, 6.45) is 75.8. The topological polar surface area (TPSA) is 95.9 Å². The molecule has 0 saturated heterocycles. The molecule has 0 aliphatic carbocycles. The summed E-state index contributed by atoms with van der Waals surface area (Å²) >= 11 is 0. The van der Waals surface area contributed by atoms with Crippen LogP contribution in [-0.2, 0) is 14.3 Å². The third-order valence-electron chi connectivity index (χ3n) is 14.7. The molecule has 0 aliphatic heterocycles. The number of rotatable bonds is 59. The number of aliphatic hydroxyl groups excluding tert-OH is 2. The van der Waals surface area contributed by atoms with Gasteiger partial charge in [-0.15, -0.1) is 0 Å². The van der Waals surface area contributed by atoms with Crippen molar-refractivity contribution in [1.82, 2.24) is 5.32 Å². The Bertz CT molecular complexity index is 1150. The number of carbonyl (C=O) groups excluding carboxylic acids is 2. The quantitative estimate of drug-likeness (QED) is 0.0321. The lowest BCUT2D eigenvalue weighted by Crippen LogP contribution is -2.45. The number of allylic oxidation sites excluding steroid dienone is 6. The Kier molecular flexibility index (Phi) is 59.0. The normalized spacial score (nSPS) is 12.8. The maximum Gasteiger partial charge on any atom is 0.305 e. The van der Waals surface area contributed by atoms with Gasteiger partial charge in [-0.05, 0) is 83.5 Å². The highest BCUT2D eigenvalue weighted by Gasteiger charge is 2.20. The average Bonchev–Trinajstić information content (AvgIpc) is 3.37. The van der Waals surface area contributed by atoms with Gasteiger partial charge in [0, 0.05) is 12.8 Å². The van der Waals surface area contributed by atoms with Gasteiger partial charge in [0.05, 0.1) is 25.4 Å². The first kappa shape index (κ1) is 69.1. The Morgan fingerprint density at radius 1 is 0.394 bits per heavy atom. The fourth-order valence-corrected chi connectivity index (χ4v) is 9.78. The molecule has 0 rings (SSSR count). The fraction of sp³-hybridized carbons (Fsp3) is 0.877. The van der Waals surface area contributed by atoms with E-state index >= 15 is 0 Å². The van der Waals surface area contributed by atoms with E-state index in [-0.39, 0.29) is 18.5 Å². The van der Waals surface area contributed by atoms with Crippen molar-refractivity contribution in [3.8, 4) is 0 Å². The van der Waals surface area contributed by atoms with Crippen LogP contribution in [-0.4, -0.2) is 47.4 Å². The van der Waals surface area contributed by atoms with Gasteiger partial charge in [0.2, 0.25) is 5.91 Å². The molecule has 0 aromatic heterocycles. The molecule has 0 bridgehead atoms. The summed E-state index contributed by atoms with van der Waals surface area (Å²) in [5.41, 5.74) is 0. The van der Waals surface area contributed by atoms with Crippen LogP contribution in [0.5, 0.6) is 0 Å². The second kappa shape index (κ2) is 60.6. The van der Waals surface area contributed by atoms with Crippen LogP contribution in [0, 0.1) is 0 Å². The van der Waals surface area contributed by atoms with Crippen molar-refractivity contribution in [2.75, 3.05) is 13.2 Å². The number of hydrogen-bond donors (Lipinski definition) is 3. The Labute approximate surface area is 443 Å². The monoisotopic (exact) mass is 998 g/mol. The molecule has 0 aromatic rings. The zero-order valence-electron chi connectivity index (χ0n) is 47.7. The van der Waals surface area contributed by atoms with E-state index in [1.54, 1.807) is 0 Å². The second-order valence-corrected chi connectivity index (χ2v) is 21.7. The first-order chi connectivity index (χ1) is 35.0. The number of aliphatic hydroxyl groups is 2. The van der Waals surface area contributed by atoms with Crippen LogP contribution in [0.15, 0.2) is 36.5 Å². The van der Waals surface area contributed by atoms with Gasteiger partial charge in [0.25, 0.3) is 0 Å². The van der Waals surface area contributed by atoms with Crippen molar-refractivity contribution >= 4 is 11.9 Å². The van der Waals surface area contributed by atoms with Gasteiger partial charge in [-0.3, -0.25) is 9.59 Å². The third kappa shape index (κ3) is 57.2. The molecule has 6 nitrogen and oxygen atoms in total. The number of amides is 1. The lowest BCUT2D eigenvalue weighted by Gasteiger charge is -2.22. The Balaban J connectivity index is 3.44. The molecule has 0 aromatic carbocycles. The minimum atomic E-state index is -0.669. The molecular formula is C65H123NO5. The van der Waals surface area contributed by atoms with Gasteiger partial charge < -0.3 is 20.3 Å². The zero-order valence-corrected chi connectivity index (χ0v) is 47.7. The summed E-state index contributed by atoms with van der Waals surface area (Å²) in [6.45, 7) is 4.94. The summed E-state index contributed by atoms with van der Waals surface area (Å²) in [5.74, 6) is -0.0395. The van der Waals surface area contributed by atoms with Crippen LogP contribution >= 0.6 is 0 Å². The predicted octanol–water partition coefficient (Wildman–Crippen LogP) is 20.0. The molecule has 1 amide bonds. The molecule has 3 N–H and O–H groups in total. The van der Waals surface area contributed by atoms with Crippen LogP contribution in [0.3, 0.4) is 0 Å². The summed E-state index contributed by atoms with van der Waals surface area (Å²) < 4.78 is 5.47. The molecule has 0 aliphatic rings. The molecule has 418 valence electrons. The smallest absolute Gasteiger partial charge is 0.305 e. The minimum Gasteiger partial charge on any atom is -0.466 e. The van der Waals surface area contributed by atoms with E-state index in [2.05, 4.69) is 55.6 Å². The molecule has 0 fully saturated rings. The molecule has 0 spiro atoms. The van der Waals surface area contributed by atoms with Crippen molar-refractivity contribution in [2.24, 2.45) is 0 Å². The molecule has 6 heteroatoms. The molecule has 0 saturated carbocycles. The van der Waals surface area contributed by atoms with Crippen LogP contribution in [0.2, 0.25) is 0 Å². The highest BCUT2D eigenvalue weighted by Crippen LogP contribution is 2.17. The van der Waals surface area contributed by atoms with E-state index in [9.17, 15) is 19.8 Å². The van der Waals surface area contributed by atoms with Crippen LogP contribution in [0.4, 0.5) is 0 Å². The highest BCUT2D eigenvalue weighted by atomic mass is 16.5. The summed E-state index contributed by atoms with van der Waals surface area (Å²) in [4.78, 5) is 24.5. The second-order valence-electron chi connectivity index (χ2n) is 21.7. The number of carbonyl (C=O) groups is 2. The number of unbranched alkanes of at least 4 members (excludes halogenated alkanes) is 42. The van der Waals surface area contributed by atoms with Crippen LogP contribution in [0.25, 0.3) is 0 Å². The lowest BCUT2D eigenvalue weighted by molar-refractivity contribution is -0.143. The number of nitrogens with one attached hydrogen (secondary N) is 1. The van der Waals surface area contributed by atoms with Crippen molar-refractivity contribution < 1.29 is 24.5 Å². The van der Waals surface area contributed by atoms with E-state index < -0.39 is 12.1 Å². The van der Waals surface area contributed by atoms with Gasteiger partial charge in [-0.2, -0.15) is 0 Å². The van der Waals surface area contributed by atoms with E-state index in [0.717, 1.165) is 51.4 Å². The molecule has 71 heavy (non-hydrogen) atoms. The molecule has 0 radical (unpaired) electrons. The van der Waals surface area contributed by atoms with E-state index in [1.165, 1.54) is 257 Å². The predicted molar refractivity (Wildman–Crippen MR) is 310 cm³/mol. The lowest BCUT2D eigenvalue weighted by atomic mass is 10.0. The Morgan fingerprint density at radius 3 is 1.10 bits per heavy atom. The Morgan fingerprint density at radius 2 is 0.704 bits per heavy atom. The minimum absolute atomic E-state index is 0.000191. The highest BCUT2D eigenvalue weighted by molar-refractivity contribution is 5.76. The zero-order chi connectivity index (χ0) is 51.4. The van der Waals surface area contributed by atoms with Crippen LogP contribution in [0.1, 0.15) is 341 Å². The average molecular weight is 999 g/mol. The van der Waals surface area contributed by atoms with Crippen molar-refractivity contribution in [2.45, 2.75) is 353 Å². The fourth-order valence-electron chi connectivity index (χ4n) is 9.78. The SMILES string of the molecule is CCCCCC/C=C\CCCCCCCC(=O)OCCCCCCCCCCC/C=C\C/C=C\CCCCCCCCCCCC(=O)NC(CO)C(O)CCCCCCCCCCCCCCCCCC. The number of ether oxygens (including phenoxy) is 1. The van der Waals surface area contributed by atoms with E-state index in [4.69, 9.17) is 4.74 Å². The largest absolute Gasteiger partial charge is 0.466 e. The maximum absolute atomic E-state index is 12.5. The van der Waals surface area contributed by atoms with Crippen LogP contribution < -0.4 is 5.32 Å².